The first-order valence-corrected chi connectivity index (χ1v) is 5.22. The number of ether oxygens (including phenoxy) is 2. The first kappa shape index (κ1) is 12.8. The average Bonchev–Trinajstić information content (AvgIpc) is 2.24. The lowest BCUT2D eigenvalue weighted by atomic mass is 10.1. The molecule has 0 radical (unpaired) electrons. The van der Waals surface area contributed by atoms with Crippen molar-refractivity contribution < 1.29 is 14.3 Å². The van der Waals surface area contributed by atoms with E-state index in [9.17, 15) is 4.79 Å². The molecular weight excluding hydrogens is 230 g/mol. The van der Waals surface area contributed by atoms with Gasteiger partial charge in [-0.1, -0.05) is 29.8 Å². The Balaban J connectivity index is 2.82. The standard InChI is InChI=1S/C11H14ClNO3/c1-15-7-6-10(16-11(13)14)8-4-2-3-5-9(8)12/h2-5,10H,6-7H2,1H3,(H2,13,14)/t10-/m0/s1. The van der Waals surface area contributed by atoms with Crippen LogP contribution in [0.1, 0.15) is 18.1 Å². The quantitative estimate of drug-likeness (QED) is 0.864. The molecule has 0 aliphatic rings. The zero-order valence-corrected chi connectivity index (χ0v) is 9.74. The molecule has 0 bridgehead atoms. The second-order valence-electron chi connectivity index (χ2n) is 3.23. The van der Waals surface area contributed by atoms with Gasteiger partial charge in [-0.3, -0.25) is 0 Å². The van der Waals surface area contributed by atoms with E-state index in [-0.39, 0.29) is 0 Å². The molecule has 2 N–H and O–H groups in total. The number of halogens is 1. The molecule has 0 saturated carbocycles. The Labute approximate surface area is 99.3 Å². The van der Waals surface area contributed by atoms with Gasteiger partial charge in [-0.05, 0) is 6.07 Å². The normalized spacial score (nSPS) is 12.1. The number of carbonyl (C=O) groups excluding carboxylic acids is 1. The van der Waals surface area contributed by atoms with Gasteiger partial charge in [0.1, 0.15) is 6.10 Å². The van der Waals surface area contributed by atoms with Gasteiger partial charge >= 0.3 is 6.09 Å². The fourth-order valence-corrected chi connectivity index (χ4v) is 1.64. The number of hydrogen-bond acceptors (Lipinski definition) is 3. The van der Waals surface area contributed by atoms with Crippen LogP contribution in [-0.2, 0) is 9.47 Å². The summed E-state index contributed by atoms with van der Waals surface area (Å²) < 4.78 is 9.93. The lowest BCUT2D eigenvalue weighted by molar-refractivity contribution is 0.0777. The van der Waals surface area contributed by atoms with Crippen molar-refractivity contribution >= 4 is 17.7 Å². The van der Waals surface area contributed by atoms with E-state index in [1.54, 1.807) is 19.2 Å². The summed E-state index contributed by atoms with van der Waals surface area (Å²) >= 11 is 6.01. The minimum absolute atomic E-state index is 0.461. The largest absolute Gasteiger partial charge is 0.441 e. The van der Waals surface area contributed by atoms with E-state index >= 15 is 0 Å². The van der Waals surface area contributed by atoms with Gasteiger partial charge in [0.2, 0.25) is 0 Å². The summed E-state index contributed by atoms with van der Waals surface area (Å²) in [6.07, 6.45) is -0.768. The summed E-state index contributed by atoms with van der Waals surface area (Å²) in [5.41, 5.74) is 5.74. The maximum Gasteiger partial charge on any atom is 0.405 e. The number of rotatable bonds is 5. The van der Waals surface area contributed by atoms with E-state index in [0.29, 0.717) is 18.1 Å². The van der Waals surface area contributed by atoms with Crippen LogP contribution in [0.5, 0.6) is 0 Å². The van der Waals surface area contributed by atoms with E-state index in [2.05, 4.69) is 0 Å². The van der Waals surface area contributed by atoms with Crippen LogP contribution >= 0.6 is 11.6 Å². The summed E-state index contributed by atoms with van der Waals surface area (Å²) in [6, 6.07) is 7.17. The topological polar surface area (TPSA) is 61.6 Å². The van der Waals surface area contributed by atoms with Crippen LogP contribution in [0.4, 0.5) is 4.79 Å². The first-order chi connectivity index (χ1) is 7.65. The molecule has 0 aromatic heterocycles. The highest BCUT2D eigenvalue weighted by molar-refractivity contribution is 6.31. The first-order valence-electron chi connectivity index (χ1n) is 4.84. The van der Waals surface area contributed by atoms with Gasteiger partial charge in [-0.25, -0.2) is 4.79 Å². The van der Waals surface area contributed by atoms with E-state index in [1.165, 1.54) is 0 Å². The summed E-state index contributed by atoms with van der Waals surface area (Å²) in [6.45, 7) is 0.461. The Morgan fingerprint density at radius 2 is 2.19 bits per heavy atom. The molecule has 0 aliphatic carbocycles. The van der Waals surface area contributed by atoms with Gasteiger partial charge in [0.15, 0.2) is 0 Å². The molecule has 1 rings (SSSR count). The van der Waals surface area contributed by atoms with Crippen LogP contribution in [0.25, 0.3) is 0 Å². The average molecular weight is 244 g/mol. The molecule has 4 nitrogen and oxygen atoms in total. The second-order valence-corrected chi connectivity index (χ2v) is 3.64. The molecule has 1 amide bonds. The lowest BCUT2D eigenvalue weighted by Gasteiger charge is -2.17. The number of amides is 1. The van der Waals surface area contributed by atoms with Crippen molar-refractivity contribution in [3.8, 4) is 0 Å². The zero-order chi connectivity index (χ0) is 12.0. The number of hydrogen-bond donors (Lipinski definition) is 1. The van der Waals surface area contributed by atoms with Crippen molar-refractivity contribution in [2.75, 3.05) is 13.7 Å². The van der Waals surface area contributed by atoms with Gasteiger partial charge < -0.3 is 15.2 Å². The van der Waals surface area contributed by atoms with E-state index in [4.69, 9.17) is 26.8 Å². The molecule has 1 aromatic rings. The summed E-state index contributed by atoms with van der Waals surface area (Å²) in [5.74, 6) is 0. The van der Waals surface area contributed by atoms with Gasteiger partial charge in [0, 0.05) is 24.1 Å². The fourth-order valence-electron chi connectivity index (χ4n) is 1.38. The molecular formula is C11H14ClNO3. The summed E-state index contributed by atoms with van der Waals surface area (Å²) in [5, 5.41) is 0.546. The molecule has 0 aliphatic heterocycles. The van der Waals surface area contributed by atoms with Crippen molar-refractivity contribution in [3.05, 3.63) is 34.9 Å². The minimum Gasteiger partial charge on any atom is -0.441 e. The van der Waals surface area contributed by atoms with E-state index < -0.39 is 12.2 Å². The Bertz CT molecular complexity index is 357. The Kier molecular flexibility index (Phi) is 5.08. The van der Waals surface area contributed by atoms with Crippen molar-refractivity contribution in [2.24, 2.45) is 5.73 Å². The molecule has 1 aromatic carbocycles. The van der Waals surface area contributed by atoms with Gasteiger partial charge in [-0.2, -0.15) is 0 Å². The second kappa shape index (κ2) is 6.35. The predicted octanol–water partition coefficient (Wildman–Crippen LogP) is 2.51. The van der Waals surface area contributed by atoms with Crippen molar-refractivity contribution in [3.63, 3.8) is 0 Å². The van der Waals surface area contributed by atoms with Crippen molar-refractivity contribution in [2.45, 2.75) is 12.5 Å². The van der Waals surface area contributed by atoms with E-state index in [1.807, 2.05) is 12.1 Å². The highest BCUT2D eigenvalue weighted by Gasteiger charge is 2.17. The molecule has 88 valence electrons. The van der Waals surface area contributed by atoms with Crippen LogP contribution in [0.2, 0.25) is 5.02 Å². The number of primary amides is 1. The van der Waals surface area contributed by atoms with Crippen LogP contribution in [0.3, 0.4) is 0 Å². The SMILES string of the molecule is COCC[C@H](OC(N)=O)c1ccccc1Cl. The van der Waals surface area contributed by atoms with E-state index in [0.717, 1.165) is 5.56 Å². The highest BCUT2D eigenvalue weighted by Crippen LogP contribution is 2.27. The Morgan fingerprint density at radius 3 is 2.75 bits per heavy atom. The Morgan fingerprint density at radius 1 is 1.50 bits per heavy atom. The molecule has 1 atom stereocenters. The molecule has 0 heterocycles. The molecule has 0 unspecified atom stereocenters. The van der Waals surface area contributed by atoms with Crippen LogP contribution < -0.4 is 5.73 Å². The maximum absolute atomic E-state index is 10.8. The number of benzene rings is 1. The zero-order valence-electron chi connectivity index (χ0n) is 8.98. The third-order valence-electron chi connectivity index (χ3n) is 2.09. The van der Waals surface area contributed by atoms with Gasteiger partial charge in [-0.15, -0.1) is 0 Å². The summed E-state index contributed by atoms with van der Waals surface area (Å²) in [4.78, 5) is 10.8. The highest BCUT2D eigenvalue weighted by atomic mass is 35.5. The Hall–Kier alpha value is -1.26. The predicted molar refractivity (Wildman–Crippen MR) is 61.4 cm³/mol. The lowest BCUT2D eigenvalue weighted by Crippen LogP contribution is -2.18. The minimum atomic E-state index is -0.818. The molecule has 0 saturated heterocycles. The van der Waals surface area contributed by atoms with Crippen LogP contribution in [0, 0.1) is 0 Å². The smallest absolute Gasteiger partial charge is 0.405 e. The number of carbonyl (C=O) groups is 1. The summed E-state index contributed by atoms with van der Waals surface area (Å²) in [7, 11) is 1.58. The van der Waals surface area contributed by atoms with Crippen molar-refractivity contribution in [1.82, 2.24) is 0 Å². The maximum atomic E-state index is 10.8. The van der Waals surface area contributed by atoms with Crippen molar-refractivity contribution in [1.29, 1.82) is 0 Å². The fraction of sp³-hybridized carbons (Fsp3) is 0.364. The molecule has 5 heteroatoms. The van der Waals surface area contributed by atoms with Gasteiger partial charge in [0.25, 0.3) is 0 Å². The number of methoxy groups -OCH3 is 1. The number of nitrogens with two attached hydrogens (primary N) is 1. The van der Waals surface area contributed by atoms with Crippen LogP contribution in [-0.4, -0.2) is 19.8 Å². The molecule has 16 heavy (non-hydrogen) atoms. The molecule has 0 fully saturated rings. The molecule has 0 spiro atoms. The third kappa shape index (κ3) is 3.72. The van der Waals surface area contributed by atoms with Gasteiger partial charge in [0.05, 0.1) is 6.61 Å². The monoisotopic (exact) mass is 243 g/mol. The van der Waals surface area contributed by atoms with Crippen LogP contribution in [0.15, 0.2) is 24.3 Å². The third-order valence-corrected chi connectivity index (χ3v) is 2.44.